The van der Waals surface area contributed by atoms with E-state index in [-0.39, 0.29) is 11.8 Å². The van der Waals surface area contributed by atoms with Gasteiger partial charge in [-0.25, -0.2) is 0 Å². The molecule has 2 nitrogen and oxygen atoms in total. The van der Waals surface area contributed by atoms with E-state index in [2.05, 4.69) is 19.1 Å². The molecular formula is C19H19Cl2NO. The van der Waals surface area contributed by atoms with Crippen molar-refractivity contribution < 1.29 is 4.79 Å². The number of rotatable bonds is 4. The van der Waals surface area contributed by atoms with Crippen LogP contribution < -0.4 is 0 Å². The van der Waals surface area contributed by atoms with Crippen LogP contribution in [0.2, 0.25) is 10.0 Å². The van der Waals surface area contributed by atoms with Gasteiger partial charge in [-0.05, 0) is 48.6 Å². The average Bonchev–Trinajstić information content (AvgIpc) is 2.86. The Balaban J connectivity index is 1.71. The molecule has 4 heteroatoms. The molecule has 23 heavy (non-hydrogen) atoms. The van der Waals surface area contributed by atoms with E-state index in [0.29, 0.717) is 23.0 Å². The number of likely N-dealkylation sites (tertiary alicyclic amines) is 1. The molecule has 2 aromatic carbocycles. The third kappa shape index (κ3) is 3.54. The van der Waals surface area contributed by atoms with Gasteiger partial charge in [-0.15, -0.1) is 0 Å². The second-order valence-corrected chi connectivity index (χ2v) is 6.89. The van der Waals surface area contributed by atoms with E-state index in [1.165, 1.54) is 11.1 Å². The van der Waals surface area contributed by atoms with Crippen molar-refractivity contribution in [1.82, 2.24) is 4.90 Å². The van der Waals surface area contributed by atoms with Crippen molar-refractivity contribution in [2.75, 3.05) is 6.54 Å². The van der Waals surface area contributed by atoms with E-state index in [4.69, 9.17) is 23.2 Å². The normalized spacial score (nSPS) is 17.8. The third-order valence-corrected chi connectivity index (χ3v) is 5.25. The van der Waals surface area contributed by atoms with Crippen molar-refractivity contribution in [3.63, 3.8) is 0 Å². The fourth-order valence-electron chi connectivity index (χ4n) is 3.12. The maximum Gasteiger partial charge on any atom is 0.226 e. The molecule has 1 atom stereocenters. The molecule has 0 radical (unpaired) electrons. The van der Waals surface area contributed by atoms with E-state index in [1.807, 2.05) is 35.2 Å². The molecule has 0 saturated carbocycles. The Labute approximate surface area is 147 Å². The summed E-state index contributed by atoms with van der Waals surface area (Å²) in [5.41, 5.74) is 3.31. The highest BCUT2D eigenvalue weighted by atomic mass is 35.5. The Morgan fingerprint density at radius 2 is 1.78 bits per heavy atom. The van der Waals surface area contributed by atoms with Crippen LogP contribution >= 0.6 is 23.2 Å². The standard InChI is InChI=1S/C19H19Cl2NO/c1-13-5-2-3-6-15(13)12-22-10-9-14(19(22)23)11-16-17(20)7-4-8-18(16)21/h2-8,14H,9-12H2,1H3. The first-order valence-electron chi connectivity index (χ1n) is 7.82. The van der Waals surface area contributed by atoms with Crippen LogP contribution in [-0.2, 0) is 17.8 Å². The molecule has 1 heterocycles. The summed E-state index contributed by atoms with van der Waals surface area (Å²) in [4.78, 5) is 14.6. The fourth-order valence-corrected chi connectivity index (χ4v) is 3.67. The highest BCUT2D eigenvalue weighted by Gasteiger charge is 2.32. The number of hydrogen-bond acceptors (Lipinski definition) is 1. The van der Waals surface area contributed by atoms with Gasteiger partial charge in [0, 0.05) is 29.1 Å². The monoisotopic (exact) mass is 347 g/mol. The van der Waals surface area contributed by atoms with Crippen molar-refractivity contribution in [2.24, 2.45) is 5.92 Å². The lowest BCUT2D eigenvalue weighted by molar-refractivity contribution is -0.131. The summed E-state index contributed by atoms with van der Waals surface area (Å²) < 4.78 is 0. The summed E-state index contributed by atoms with van der Waals surface area (Å²) in [5.74, 6) is 0.167. The van der Waals surface area contributed by atoms with Crippen molar-refractivity contribution in [3.05, 3.63) is 69.2 Å². The number of benzene rings is 2. The smallest absolute Gasteiger partial charge is 0.226 e. The number of hydrogen-bond donors (Lipinski definition) is 0. The molecule has 1 saturated heterocycles. The predicted molar refractivity (Wildman–Crippen MR) is 94.9 cm³/mol. The van der Waals surface area contributed by atoms with Gasteiger partial charge in [0.15, 0.2) is 0 Å². The summed E-state index contributed by atoms with van der Waals surface area (Å²) in [5, 5.41) is 1.28. The number of carbonyl (C=O) groups is 1. The number of aryl methyl sites for hydroxylation is 1. The van der Waals surface area contributed by atoms with Crippen LogP contribution in [0.15, 0.2) is 42.5 Å². The van der Waals surface area contributed by atoms with Gasteiger partial charge in [-0.1, -0.05) is 53.5 Å². The van der Waals surface area contributed by atoms with Gasteiger partial charge in [-0.2, -0.15) is 0 Å². The SMILES string of the molecule is Cc1ccccc1CN1CCC(Cc2c(Cl)cccc2Cl)C1=O. The Bertz CT molecular complexity index is 709. The molecule has 1 fully saturated rings. The summed E-state index contributed by atoms with van der Waals surface area (Å²) in [6.45, 7) is 3.55. The molecule has 3 rings (SSSR count). The minimum Gasteiger partial charge on any atom is -0.338 e. The second kappa shape index (κ2) is 6.94. The van der Waals surface area contributed by atoms with Crippen molar-refractivity contribution in [1.29, 1.82) is 0 Å². The topological polar surface area (TPSA) is 20.3 Å². The van der Waals surface area contributed by atoms with Gasteiger partial charge in [0.25, 0.3) is 0 Å². The zero-order chi connectivity index (χ0) is 16.4. The first kappa shape index (κ1) is 16.4. The molecule has 0 N–H and O–H groups in total. The van der Waals surface area contributed by atoms with Crippen LogP contribution in [0.25, 0.3) is 0 Å². The molecule has 1 aliphatic rings. The Morgan fingerprint density at radius 1 is 1.09 bits per heavy atom. The highest BCUT2D eigenvalue weighted by molar-refractivity contribution is 6.36. The van der Waals surface area contributed by atoms with Crippen LogP contribution in [0.3, 0.4) is 0 Å². The summed E-state index contributed by atoms with van der Waals surface area (Å²) in [7, 11) is 0. The lowest BCUT2D eigenvalue weighted by Crippen LogP contribution is -2.28. The van der Waals surface area contributed by atoms with E-state index >= 15 is 0 Å². The highest BCUT2D eigenvalue weighted by Crippen LogP contribution is 2.31. The third-order valence-electron chi connectivity index (χ3n) is 4.54. The lowest BCUT2D eigenvalue weighted by atomic mass is 9.98. The average molecular weight is 348 g/mol. The quantitative estimate of drug-likeness (QED) is 0.770. The first-order chi connectivity index (χ1) is 11.1. The van der Waals surface area contributed by atoms with Crippen molar-refractivity contribution in [2.45, 2.75) is 26.3 Å². The molecule has 0 bridgehead atoms. The largest absolute Gasteiger partial charge is 0.338 e. The van der Waals surface area contributed by atoms with Crippen LogP contribution in [0.5, 0.6) is 0 Å². The predicted octanol–water partition coefficient (Wildman–Crippen LogP) is 4.89. The van der Waals surface area contributed by atoms with E-state index < -0.39 is 0 Å². The molecule has 0 aliphatic carbocycles. The van der Waals surface area contributed by atoms with Crippen LogP contribution in [0.1, 0.15) is 23.1 Å². The molecule has 0 aromatic heterocycles. The first-order valence-corrected chi connectivity index (χ1v) is 8.58. The van der Waals surface area contributed by atoms with Gasteiger partial charge in [0.2, 0.25) is 5.91 Å². The summed E-state index contributed by atoms with van der Waals surface area (Å²) in [6.07, 6.45) is 1.47. The molecule has 1 amide bonds. The molecule has 2 aromatic rings. The number of nitrogens with zero attached hydrogens (tertiary/aromatic N) is 1. The van der Waals surface area contributed by atoms with E-state index in [9.17, 15) is 4.79 Å². The molecular weight excluding hydrogens is 329 g/mol. The van der Waals surface area contributed by atoms with Gasteiger partial charge < -0.3 is 4.90 Å². The molecule has 1 unspecified atom stereocenters. The summed E-state index contributed by atoms with van der Waals surface area (Å²) in [6, 6.07) is 13.7. The Morgan fingerprint density at radius 3 is 2.48 bits per heavy atom. The molecule has 0 spiro atoms. The number of carbonyl (C=O) groups excluding carboxylic acids is 1. The van der Waals surface area contributed by atoms with Crippen LogP contribution in [0, 0.1) is 12.8 Å². The Hall–Kier alpha value is -1.51. The number of halogens is 2. The minimum absolute atomic E-state index is 0.0311. The van der Waals surface area contributed by atoms with Gasteiger partial charge in [0.05, 0.1) is 0 Å². The zero-order valence-corrected chi connectivity index (χ0v) is 14.6. The zero-order valence-electron chi connectivity index (χ0n) is 13.1. The van der Waals surface area contributed by atoms with Crippen LogP contribution in [-0.4, -0.2) is 17.4 Å². The number of amides is 1. The van der Waals surface area contributed by atoms with Crippen molar-refractivity contribution in [3.8, 4) is 0 Å². The molecule has 1 aliphatic heterocycles. The van der Waals surface area contributed by atoms with Gasteiger partial charge in [-0.3, -0.25) is 4.79 Å². The maximum atomic E-state index is 12.7. The van der Waals surface area contributed by atoms with E-state index in [1.54, 1.807) is 0 Å². The lowest BCUT2D eigenvalue weighted by Gasteiger charge is -2.18. The second-order valence-electron chi connectivity index (χ2n) is 6.08. The minimum atomic E-state index is -0.0311. The van der Waals surface area contributed by atoms with Crippen LogP contribution in [0.4, 0.5) is 0 Å². The fraction of sp³-hybridized carbons (Fsp3) is 0.316. The molecule has 120 valence electrons. The van der Waals surface area contributed by atoms with Gasteiger partial charge in [0.1, 0.15) is 0 Å². The van der Waals surface area contributed by atoms with E-state index in [0.717, 1.165) is 18.5 Å². The maximum absolute atomic E-state index is 12.7. The van der Waals surface area contributed by atoms with Gasteiger partial charge >= 0.3 is 0 Å². The Kier molecular flexibility index (Phi) is 4.93. The summed E-state index contributed by atoms with van der Waals surface area (Å²) >= 11 is 12.5. The van der Waals surface area contributed by atoms with Crippen molar-refractivity contribution >= 4 is 29.1 Å².